The summed E-state index contributed by atoms with van der Waals surface area (Å²) in [4.78, 5) is 0. The molecule has 1 aliphatic carbocycles. The first-order valence-electron chi connectivity index (χ1n) is 6.28. The van der Waals surface area contributed by atoms with Gasteiger partial charge in [0.1, 0.15) is 0 Å². The Morgan fingerprint density at radius 2 is 1.56 bits per heavy atom. The molecular weight excluding hydrogens is 241 g/mol. The van der Waals surface area contributed by atoms with Crippen molar-refractivity contribution in [1.82, 2.24) is 0 Å². The number of hydrogen-bond acceptors (Lipinski definition) is 1. The summed E-state index contributed by atoms with van der Waals surface area (Å²) in [6.45, 7) is 0. The van der Waals surface area contributed by atoms with E-state index in [1.54, 1.807) is 0 Å². The van der Waals surface area contributed by atoms with E-state index in [2.05, 4.69) is 0 Å². The molecule has 0 radical (unpaired) electrons. The maximum absolute atomic E-state index is 12.5. The lowest BCUT2D eigenvalue weighted by atomic mass is 9.77. The number of aliphatic hydroxyl groups is 1. The van der Waals surface area contributed by atoms with E-state index in [0.29, 0.717) is 12.8 Å². The second-order valence-corrected chi connectivity index (χ2v) is 5.01. The lowest BCUT2D eigenvalue weighted by molar-refractivity contribution is -0.185. The highest BCUT2D eigenvalue weighted by atomic mass is 19.4. The Bertz CT molecular complexity index is 366. The summed E-state index contributed by atoms with van der Waals surface area (Å²) in [5.74, 6) is -1.23. The monoisotopic (exact) mass is 258 g/mol. The van der Waals surface area contributed by atoms with Crippen LogP contribution < -0.4 is 0 Å². The first-order chi connectivity index (χ1) is 8.48. The van der Waals surface area contributed by atoms with E-state index in [-0.39, 0.29) is 18.8 Å². The van der Waals surface area contributed by atoms with Crippen molar-refractivity contribution in [2.24, 2.45) is 11.8 Å². The van der Waals surface area contributed by atoms with Crippen LogP contribution >= 0.6 is 0 Å². The fourth-order valence-electron chi connectivity index (χ4n) is 2.68. The van der Waals surface area contributed by atoms with Crippen molar-refractivity contribution < 1.29 is 18.3 Å². The smallest absolute Gasteiger partial charge is 0.388 e. The Balaban J connectivity index is 1.94. The Labute approximate surface area is 105 Å². The van der Waals surface area contributed by atoms with Crippen LogP contribution in [0.15, 0.2) is 30.3 Å². The lowest BCUT2D eigenvalue weighted by Crippen LogP contribution is -2.29. The first kappa shape index (κ1) is 13.4. The molecule has 0 heterocycles. The van der Waals surface area contributed by atoms with Gasteiger partial charge in [0.2, 0.25) is 0 Å². The van der Waals surface area contributed by atoms with E-state index < -0.39 is 18.2 Å². The molecule has 0 aliphatic heterocycles. The van der Waals surface area contributed by atoms with Gasteiger partial charge in [-0.15, -0.1) is 0 Å². The van der Waals surface area contributed by atoms with Crippen LogP contribution in [0.3, 0.4) is 0 Å². The molecule has 1 saturated carbocycles. The fourth-order valence-corrected chi connectivity index (χ4v) is 2.68. The summed E-state index contributed by atoms with van der Waals surface area (Å²) in [6.07, 6.45) is -3.56. The third-order valence-electron chi connectivity index (χ3n) is 3.82. The van der Waals surface area contributed by atoms with Gasteiger partial charge in [0.05, 0.1) is 12.0 Å². The third-order valence-corrected chi connectivity index (χ3v) is 3.82. The quantitative estimate of drug-likeness (QED) is 0.847. The summed E-state index contributed by atoms with van der Waals surface area (Å²) in [7, 11) is 0. The van der Waals surface area contributed by atoms with Crippen LogP contribution in [0.1, 0.15) is 37.4 Å². The van der Waals surface area contributed by atoms with E-state index >= 15 is 0 Å². The molecule has 1 atom stereocenters. The van der Waals surface area contributed by atoms with Gasteiger partial charge in [0.25, 0.3) is 0 Å². The molecule has 1 aromatic rings. The maximum atomic E-state index is 12.5. The van der Waals surface area contributed by atoms with Crippen molar-refractivity contribution in [3.8, 4) is 0 Å². The largest absolute Gasteiger partial charge is 0.391 e. The molecule has 0 bridgehead atoms. The van der Waals surface area contributed by atoms with Gasteiger partial charge in [-0.05, 0) is 37.2 Å². The van der Waals surface area contributed by atoms with Crippen LogP contribution in [0.25, 0.3) is 0 Å². The molecule has 0 saturated heterocycles. The molecule has 2 rings (SSSR count). The number of benzene rings is 1. The number of aliphatic hydroxyl groups excluding tert-OH is 1. The second kappa shape index (κ2) is 5.31. The van der Waals surface area contributed by atoms with Crippen molar-refractivity contribution in [2.75, 3.05) is 0 Å². The van der Waals surface area contributed by atoms with Gasteiger partial charge in [0.15, 0.2) is 0 Å². The molecule has 0 amide bonds. The minimum atomic E-state index is -4.08. The molecule has 1 N–H and O–H groups in total. The summed E-state index contributed by atoms with van der Waals surface area (Å²) >= 11 is 0. The molecule has 0 spiro atoms. The zero-order valence-corrected chi connectivity index (χ0v) is 10.0. The van der Waals surface area contributed by atoms with Gasteiger partial charge in [-0.25, -0.2) is 0 Å². The molecule has 1 nitrogen and oxygen atoms in total. The molecular formula is C14H17F3O. The molecule has 0 aromatic heterocycles. The predicted octanol–water partition coefficient (Wildman–Crippen LogP) is 4.09. The minimum Gasteiger partial charge on any atom is -0.388 e. The van der Waals surface area contributed by atoms with Crippen molar-refractivity contribution in [2.45, 2.75) is 38.0 Å². The first-order valence-corrected chi connectivity index (χ1v) is 6.28. The Hall–Kier alpha value is -1.03. The Kier molecular flexibility index (Phi) is 3.95. The number of alkyl halides is 3. The van der Waals surface area contributed by atoms with Crippen LogP contribution in [0.4, 0.5) is 13.2 Å². The number of rotatable bonds is 2. The summed E-state index contributed by atoms with van der Waals surface area (Å²) in [5, 5.41) is 10.2. The Morgan fingerprint density at radius 1 is 1.00 bits per heavy atom. The van der Waals surface area contributed by atoms with Crippen molar-refractivity contribution >= 4 is 0 Å². The highest BCUT2D eigenvalue weighted by Crippen LogP contribution is 2.42. The molecule has 100 valence electrons. The van der Waals surface area contributed by atoms with Gasteiger partial charge >= 0.3 is 6.18 Å². The van der Waals surface area contributed by atoms with Crippen LogP contribution in [0.2, 0.25) is 0 Å². The number of hydrogen-bond donors (Lipinski definition) is 1. The van der Waals surface area contributed by atoms with Crippen LogP contribution in [-0.4, -0.2) is 11.3 Å². The standard InChI is InChI=1S/C14H17F3O/c15-14(16,17)12-8-6-11(7-9-12)13(18)10-4-2-1-3-5-10/h1-5,11-13,18H,6-9H2. The SMILES string of the molecule is OC(c1ccccc1)C1CCC(C(F)(F)F)CC1. The summed E-state index contributed by atoms with van der Waals surface area (Å²) in [5.41, 5.74) is 0.799. The van der Waals surface area contributed by atoms with E-state index in [1.165, 1.54) is 0 Å². The molecule has 1 aliphatic rings. The van der Waals surface area contributed by atoms with Gasteiger partial charge in [0, 0.05) is 0 Å². The zero-order chi connectivity index (χ0) is 13.2. The van der Waals surface area contributed by atoms with Crippen LogP contribution in [0, 0.1) is 11.8 Å². The van der Waals surface area contributed by atoms with Gasteiger partial charge in [-0.1, -0.05) is 30.3 Å². The highest BCUT2D eigenvalue weighted by molar-refractivity contribution is 5.18. The third kappa shape index (κ3) is 3.05. The number of halogens is 3. The zero-order valence-electron chi connectivity index (χ0n) is 10.0. The molecule has 1 aromatic carbocycles. The van der Waals surface area contributed by atoms with E-state index in [4.69, 9.17) is 0 Å². The maximum Gasteiger partial charge on any atom is 0.391 e. The average Bonchev–Trinajstić information content (AvgIpc) is 2.38. The predicted molar refractivity (Wildman–Crippen MR) is 62.9 cm³/mol. The van der Waals surface area contributed by atoms with Gasteiger partial charge in [-0.2, -0.15) is 13.2 Å². The summed E-state index contributed by atoms with van der Waals surface area (Å²) < 4.78 is 37.6. The average molecular weight is 258 g/mol. The lowest BCUT2D eigenvalue weighted by Gasteiger charge is -2.32. The molecule has 1 fully saturated rings. The van der Waals surface area contributed by atoms with Crippen molar-refractivity contribution in [3.63, 3.8) is 0 Å². The normalized spacial score (nSPS) is 26.9. The highest BCUT2D eigenvalue weighted by Gasteiger charge is 2.42. The van der Waals surface area contributed by atoms with Crippen molar-refractivity contribution in [3.05, 3.63) is 35.9 Å². The van der Waals surface area contributed by atoms with E-state index in [0.717, 1.165) is 5.56 Å². The molecule has 1 unspecified atom stereocenters. The Morgan fingerprint density at radius 3 is 2.06 bits per heavy atom. The fraction of sp³-hybridized carbons (Fsp3) is 0.571. The van der Waals surface area contributed by atoms with E-state index in [1.807, 2.05) is 30.3 Å². The topological polar surface area (TPSA) is 20.2 Å². The summed E-state index contributed by atoms with van der Waals surface area (Å²) in [6, 6.07) is 9.16. The van der Waals surface area contributed by atoms with E-state index in [9.17, 15) is 18.3 Å². The van der Waals surface area contributed by atoms with Gasteiger partial charge in [-0.3, -0.25) is 0 Å². The van der Waals surface area contributed by atoms with Crippen molar-refractivity contribution in [1.29, 1.82) is 0 Å². The molecule has 4 heteroatoms. The molecule has 18 heavy (non-hydrogen) atoms. The minimum absolute atomic E-state index is 0.0500. The second-order valence-electron chi connectivity index (χ2n) is 5.01. The van der Waals surface area contributed by atoms with Crippen LogP contribution in [0.5, 0.6) is 0 Å². The van der Waals surface area contributed by atoms with Crippen LogP contribution in [-0.2, 0) is 0 Å². The van der Waals surface area contributed by atoms with Gasteiger partial charge < -0.3 is 5.11 Å².